The van der Waals surface area contributed by atoms with Gasteiger partial charge in [0.1, 0.15) is 17.4 Å². The minimum absolute atomic E-state index is 0.281. The number of hydrogen-bond donors (Lipinski definition) is 0. The first-order valence-electron chi connectivity index (χ1n) is 9.37. The number of ether oxygens (including phenoxy) is 2. The number of carbonyl (C=O) groups is 1. The van der Waals surface area contributed by atoms with E-state index in [1.54, 1.807) is 38.1 Å². The van der Waals surface area contributed by atoms with Gasteiger partial charge in [-0.1, -0.05) is 0 Å². The van der Waals surface area contributed by atoms with Crippen LogP contribution in [-0.4, -0.2) is 36.9 Å². The van der Waals surface area contributed by atoms with E-state index in [0.717, 1.165) is 6.26 Å². The van der Waals surface area contributed by atoms with Gasteiger partial charge in [0.2, 0.25) is 0 Å². The van der Waals surface area contributed by atoms with Crippen LogP contribution in [0.2, 0.25) is 0 Å². The van der Waals surface area contributed by atoms with Gasteiger partial charge in [-0.05, 0) is 43.7 Å². The summed E-state index contributed by atoms with van der Waals surface area (Å²) < 4.78 is 40.2. The lowest BCUT2D eigenvalue weighted by Crippen LogP contribution is -2.54. The van der Waals surface area contributed by atoms with E-state index >= 15 is 0 Å². The quantitative estimate of drug-likeness (QED) is 0.504. The molecule has 0 spiro atoms. The van der Waals surface area contributed by atoms with E-state index in [0.29, 0.717) is 22.4 Å². The molecule has 0 aliphatic carbocycles. The highest BCUT2D eigenvalue weighted by Gasteiger charge is 2.47. The third kappa shape index (κ3) is 4.95. The van der Waals surface area contributed by atoms with E-state index in [-0.39, 0.29) is 6.61 Å². The van der Waals surface area contributed by atoms with Crippen LogP contribution in [0.15, 0.2) is 41.3 Å². The average Bonchev–Trinajstić information content (AvgIpc) is 2.66. The maximum absolute atomic E-state index is 13.0. The predicted octanol–water partition coefficient (Wildman–Crippen LogP) is 1.89. The second-order valence-corrected chi connectivity index (χ2v) is 9.44. The molecule has 10 heteroatoms. The van der Waals surface area contributed by atoms with E-state index in [1.165, 1.54) is 23.8 Å². The van der Waals surface area contributed by atoms with Gasteiger partial charge in [-0.3, -0.25) is 13.8 Å². The molecule has 9 nitrogen and oxygen atoms in total. The first kappa shape index (κ1) is 22.5. The molecule has 2 aromatic rings. The van der Waals surface area contributed by atoms with Crippen molar-refractivity contribution in [3.8, 4) is 11.8 Å². The highest BCUT2D eigenvalue weighted by molar-refractivity contribution is 7.85. The minimum Gasteiger partial charge on any atom is -0.484 e. The summed E-state index contributed by atoms with van der Waals surface area (Å²) in [4.78, 5) is 24.8. The van der Waals surface area contributed by atoms with Gasteiger partial charge in [0.15, 0.2) is 6.10 Å². The summed E-state index contributed by atoms with van der Waals surface area (Å²) in [5.74, 6) is -0.0772. The highest BCUT2D eigenvalue weighted by Crippen LogP contribution is 2.43. The molecule has 1 aromatic heterocycles. The molecule has 0 saturated carbocycles. The number of benzene rings is 1. The zero-order chi connectivity index (χ0) is 23.0. The molecule has 0 unspecified atom stereocenters. The Morgan fingerprint density at radius 1 is 1.29 bits per heavy atom. The van der Waals surface area contributed by atoms with Crippen LogP contribution in [-0.2, 0) is 30.4 Å². The van der Waals surface area contributed by atoms with Gasteiger partial charge in [0, 0.05) is 24.8 Å². The van der Waals surface area contributed by atoms with Crippen molar-refractivity contribution in [3.05, 3.63) is 63.6 Å². The molecule has 3 rings (SSSR count). The predicted molar refractivity (Wildman–Crippen MR) is 110 cm³/mol. The zero-order valence-corrected chi connectivity index (χ0v) is 18.3. The SMILES string of the molecule is CC(=O)O[C@H]1[C@H](n2ccc(COS(C)(=O)=O)cc2=O)c2cc(C#N)ccc2OC1(C)C. The average molecular weight is 446 g/mol. The van der Waals surface area contributed by atoms with E-state index in [9.17, 15) is 23.3 Å². The Hall–Kier alpha value is -3.16. The summed E-state index contributed by atoms with van der Waals surface area (Å²) in [5.41, 5.74) is -0.183. The fourth-order valence-electron chi connectivity index (χ4n) is 3.53. The van der Waals surface area contributed by atoms with Gasteiger partial charge < -0.3 is 14.0 Å². The maximum Gasteiger partial charge on any atom is 0.303 e. The molecule has 0 amide bonds. The Kier molecular flexibility index (Phi) is 5.93. The van der Waals surface area contributed by atoms with Gasteiger partial charge >= 0.3 is 5.97 Å². The van der Waals surface area contributed by atoms with Gasteiger partial charge in [-0.15, -0.1) is 0 Å². The van der Waals surface area contributed by atoms with Crippen molar-refractivity contribution < 1.29 is 26.9 Å². The van der Waals surface area contributed by atoms with E-state index in [4.69, 9.17) is 13.7 Å². The molecule has 1 aliphatic heterocycles. The van der Waals surface area contributed by atoms with E-state index in [1.807, 2.05) is 0 Å². The smallest absolute Gasteiger partial charge is 0.303 e. The number of hydrogen-bond acceptors (Lipinski definition) is 8. The van der Waals surface area contributed by atoms with Crippen LogP contribution in [0.4, 0.5) is 0 Å². The fraction of sp³-hybridized carbons (Fsp3) is 0.381. The van der Waals surface area contributed by atoms with Crippen molar-refractivity contribution >= 4 is 16.1 Å². The van der Waals surface area contributed by atoms with Crippen LogP contribution in [0.5, 0.6) is 5.75 Å². The largest absolute Gasteiger partial charge is 0.484 e. The molecule has 164 valence electrons. The second kappa shape index (κ2) is 8.17. The van der Waals surface area contributed by atoms with Crippen LogP contribution >= 0.6 is 0 Å². The van der Waals surface area contributed by atoms with Gasteiger partial charge in [0.25, 0.3) is 15.7 Å². The summed E-state index contributed by atoms with van der Waals surface area (Å²) in [6.07, 6.45) is 1.53. The molecular weight excluding hydrogens is 424 g/mol. The normalized spacial score (nSPS) is 19.6. The Labute approximate surface area is 179 Å². The van der Waals surface area contributed by atoms with Gasteiger partial charge in [-0.25, -0.2) is 0 Å². The lowest BCUT2D eigenvalue weighted by molar-refractivity contribution is -0.163. The topological polar surface area (TPSA) is 125 Å². The number of nitrogens with zero attached hydrogens (tertiary/aromatic N) is 2. The Morgan fingerprint density at radius 3 is 2.58 bits per heavy atom. The zero-order valence-electron chi connectivity index (χ0n) is 17.5. The molecule has 0 N–H and O–H groups in total. The third-order valence-corrected chi connectivity index (χ3v) is 5.39. The standard InChI is InChI=1S/C21H22N2O7S/c1-13(24)29-20-19(16-9-14(11-22)5-6-17(16)30-21(20,2)3)23-8-7-15(10-18(23)25)12-28-31(4,26)27/h5-10,19-20H,12H2,1-4H3/t19-,20+/m1/s1. The monoisotopic (exact) mass is 446 g/mol. The first-order valence-corrected chi connectivity index (χ1v) is 11.2. The molecule has 31 heavy (non-hydrogen) atoms. The van der Waals surface area contributed by atoms with Crippen LogP contribution in [0.1, 0.15) is 43.5 Å². The summed E-state index contributed by atoms with van der Waals surface area (Å²) in [7, 11) is -3.66. The Morgan fingerprint density at radius 2 is 2.00 bits per heavy atom. The number of aromatic nitrogens is 1. The van der Waals surface area contributed by atoms with Crippen molar-refractivity contribution in [3.63, 3.8) is 0 Å². The van der Waals surface area contributed by atoms with Gasteiger partial charge in [0.05, 0.1) is 24.5 Å². The van der Waals surface area contributed by atoms with Crippen LogP contribution in [0, 0.1) is 11.3 Å². The van der Waals surface area contributed by atoms with E-state index < -0.39 is 39.4 Å². The van der Waals surface area contributed by atoms with Gasteiger partial charge in [-0.2, -0.15) is 13.7 Å². The summed E-state index contributed by atoms with van der Waals surface area (Å²) in [6, 6.07) is 8.94. The molecule has 0 saturated heterocycles. The van der Waals surface area contributed by atoms with Crippen LogP contribution in [0.3, 0.4) is 0 Å². The number of pyridine rings is 1. The lowest BCUT2D eigenvalue weighted by atomic mass is 9.85. The van der Waals surface area contributed by atoms with Crippen molar-refractivity contribution in [2.45, 2.75) is 45.1 Å². The maximum atomic E-state index is 13.0. The molecule has 2 heterocycles. The molecule has 1 aliphatic rings. The highest BCUT2D eigenvalue weighted by atomic mass is 32.2. The van der Waals surface area contributed by atoms with Crippen LogP contribution < -0.4 is 10.3 Å². The second-order valence-electron chi connectivity index (χ2n) is 7.79. The molecule has 2 atom stereocenters. The molecule has 0 fully saturated rings. The summed E-state index contributed by atoms with van der Waals surface area (Å²) in [6.45, 7) is 4.47. The number of esters is 1. The van der Waals surface area contributed by atoms with Crippen molar-refractivity contribution in [2.75, 3.05) is 6.26 Å². The fourth-order valence-corrected chi connectivity index (χ4v) is 3.88. The van der Waals surface area contributed by atoms with E-state index in [2.05, 4.69) is 6.07 Å². The van der Waals surface area contributed by atoms with Crippen molar-refractivity contribution in [2.24, 2.45) is 0 Å². The number of rotatable bonds is 5. The first-order chi connectivity index (χ1) is 14.4. The third-order valence-electron chi connectivity index (χ3n) is 4.85. The Bertz CT molecular complexity index is 1230. The van der Waals surface area contributed by atoms with Crippen LogP contribution in [0.25, 0.3) is 0 Å². The van der Waals surface area contributed by atoms with Crippen molar-refractivity contribution in [1.82, 2.24) is 4.57 Å². The number of nitriles is 1. The Balaban J connectivity index is 2.14. The number of carbonyl (C=O) groups excluding carboxylic acids is 1. The molecular formula is C21H22N2O7S. The number of fused-ring (bicyclic) bond motifs is 1. The van der Waals surface area contributed by atoms with Crippen molar-refractivity contribution in [1.29, 1.82) is 5.26 Å². The molecule has 1 aromatic carbocycles. The summed E-state index contributed by atoms with van der Waals surface area (Å²) >= 11 is 0. The molecule has 0 bridgehead atoms. The summed E-state index contributed by atoms with van der Waals surface area (Å²) in [5, 5.41) is 9.32. The lowest BCUT2D eigenvalue weighted by Gasteiger charge is -2.44. The molecule has 0 radical (unpaired) electrons. The minimum atomic E-state index is -3.66.